The quantitative estimate of drug-likeness (QED) is 0.123. The maximum absolute atomic E-state index is 7.03. The van der Waals surface area contributed by atoms with E-state index in [2.05, 4.69) is 121 Å². The number of halogens is 8. The maximum atomic E-state index is 7.03. The van der Waals surface area contributed by atoms with E-state index in [1.54, 1.807) is 0 Å². The predicted molar refractivity (Wildman–Crippen MR) is 182 cm³/mol. The summed E-state index contributed by atoms with van der Waals surface area (Å²) in [5.74, 6) is 0.911. The Morgan fingerprint density at radius 2 is 0.675 bits per heavy atom. The van der Waals surface area contributed by atoms with Crippen molar-refractivity contribution in [1.29, 1.82) is 0 Å². The molecule has 40 heavy (non-hydrogen) atoms. The van der Waals surface area contributed by atoms with E-state index in [0.29, 0.717) is 0 Å². The summed E-state index contributed by atoms with van der Waals surface area (Å²) in [6.45, 7) is 0. The first kappa shape index (κ1) is 36.4. The average Bonchev–Trinajstić information content (AvgIpc) is 2.94. The van der Waals surface area contributed by atoms with Crippen molar-refractivity contribution in [2.45, 2.75) is 8.59 Å². The Morgan fingerprint density at radius 3 is 0.875 bits per heavy atom. The second-order valence-electron chi connectivity index (χ2n) is 7.90. The van der Waals surface area contributed by atoms with Crippen LogP contribution in [0.1, 0.15) is 0 Å². The van der Waals surface area contributed by atoms with Gasteiger partial charge in [0.05, 0.1) is 0 Å². The molecule has 0 fully saturated rings. The molecule has 4 aromatic rings. The monoisotopic (exact) mass is 798 g/mol. The summed E-state index contributed by atoms with van der Waals surface area (Å²) in [4.78, 5) is 0. The van der Waals surface area contributed by atoms with E-state index in [1.807, 2.05) is 0 Å². The zero-order valence-corrected chi connectivity index (χ0v) is 30.2. The Bertz CT molecular complexity index is 1200. The van der Waals surface area contributed by atoms with E-state index in [-0.39, 0.29) is 12.4 Å². The van der Waals surface area contributed by atoms with Crippen molar-refractivity contribution < 1.29 is 12.4 Å². The van der Waals surface area contributed by atoms with Crippen molar-refractivity contribution in [3.63, 3.8) is 0 Å². The van der Waals surface area contributed by atoms with Gasteiger partial charge in [-0.25, -0.2) is 0 Å². The molecular weight excluding hydrogens is 777 g/mol. The van der Waals surface area contributed by atoms with Gasteiger partial charge in [-0.05, 0) is 0 Å². The predicted octanol–water partition coefficient (Wildman–Crippen LogP) is 6.86. The Morgan fingerprint density at radius 1 is 0.475 bits per heavy atom. The van der Waals surface area contributed by atoms with Crippen LogP contribution in [-0.2, 0) is 0 Å². The molecule has 0 N–H and O–H groups in total. The van der Waals surface area contributed by atoms with Crippen LogP contribution in [-0.4, -0.2) is 27.9 Å². The van der Waals surface area contributed by atoms with Gasteiger partial charge in [0, 0.05) is 0 Å². The second kappa shape index (κ2) is 18.1. The van der Waals surface area contributed by atoms with Crippen LogP contribution in [0.5, 0.6) is 0 Å². The van der Waals surface area contributed by atoms with Gasteiger partial charge in [0.15, 0.2) is 8.59 Å². The molecule has 1 heterocycles. The molecule has 4 aromatic carbocycles. The third kappa shape index (κ3) is 10.1. The smallest absolute Gasteiger partial charge is 1.00 e. The van der Waals surface area contributed by atoms with Gasteiger partial charge in [-0.15, -0.1) is 0 Å². The first-order valence-corrected chi connectivity index (χ1v) is 21.7. The summed E-state index contributed by atoms with van der Waals surface area (Å²) in [6.07, 6.45) is 0. The molecule has 5 rings (SSSR count). The van der Waals surface area contributed by atoms with Gasteiger partial charge < -0.3 is 12.4 Å². The SMILES string of the molecule is ClC(Cl)Cl.ClC(Cl)Cl.Cl[Se+]1N=P(c2ccccc2)(c2ccccc2)CP(c2ccccc2)(c2ccccc2)=N1.[Cl-]. The molecular formula is C27H24Cl8N2P2Se. The van der Waals surface area contributed by atoms with Crippen molar-refractivity contribution in [2.24, 2.45) is 7.52 Å². The van der Waals surface area contributed by atoms with Gasteiger partial charge in [0.1, 0.15) is 0 Å². The van der Waals surface area contributed by atoms with Crippen molar-refractivity contribution in [3.05, 3.63) is 121 Å². The summed E-state index contributed by atoms with van der Waals surface area (Å²) in [7, 11) is 2.83. The third-order valence-corrected chi connectivity index (χ3v) is 21.4. The zero-order valence-electron chi connectivity index (χ0n) is 20.6. The normalized spacial score (nSPS) is 15.2. The minimum absolute atomic E-state index is 0. The van der Waals surface area contributed by atoms with E-state index in [9.17, 15) is 0 Å². The maximum Gasteiger partial charge on any atom is -1.00 e. The topological polar surface area (TPSA) is 24.7 Å². The van der Waals surface area contributed by atoms with Gasteiger partial charge in [0.25, 0.3) is 0 Å². The Labute approximate surface area is 281 Å². The fourth-order valence-corrected chi connectivity index (χ4v) is 24.8. The number of hydrogen-bond acceptors (Lipinski definition) is 2. The summed E-state index contributed by atoms with van der Waals surface area (Å²) in [6, 6.07) is 43.1. The Balaban J connectivity index is 0.000000554. The molecule has 0 amide bonds. The third-order valence-electron chi connectivity index (χ3n) is 5.56. The van der Waals surface area contributed by atoms with Crippen LogP contribution in [0.3, 0.4) is 0 Å². The summed E-state index contributed by atoms with van der Waals surface area (Å²) >= 11 is 26.8. The van der Waals surface area contributed by atoms with E-state index in [1.165, 1.54) is 21.2 Å². The van der Waals surface area contributed by atoms with Crippen LogP contribution in [0.4, 0.5) is 0 Å². The first-order chi connectivity index (χ1) is 18.7. The van der Waals surface area contributed by atoms with Gasteiger partial charge >= 0.3 is 194 Å². The van der Waals surface area contributed by atoms with Crippen molar-refractivity contribution in [2.75, 3.05) is 5.90 Å². The molecule has 214 valence electrons. The molecule has 0 spiro atoms. The van der Waals surface area contributed by atoms with Crippen molar-refractivity contribution in [1.82, 2.24) is 0 Å². The number of rotatable bonds is 4. The van der Waals surface area contributed by atoms with Crippen LogP contribution in [0, 0.1) is 0 Å². The van der Waals surface area contributed by atoms with E-state index >= 15 is 0 Å². The van der Waals surface area contributed by atoms with E-state index in [0.717, 1.165) is 5.90 Å². The van der Waals surface area contributed by atoms with Gasteiger partial charge in [-0.2, -0.15) is 0 Å². The molecule has 13 heteroatoms. The molecule has 0 saturated heterocycles. The summed E-state index contributed by atoms with van der Waals surface area (Å²) < 4.78 is 9.23. The molecule has 0 aliphatic carbocycles. The standard InChI is InChI=1S/C25H22ClN2P2Se.2CHCl3.ClH/c26-31-27-29(22-13-5-1-6-14-22,23-15-7-2-8-16-23)21-30(28-31,24-17-9-3-10-18-24)25-19-11-4-12-20-25;2*2-1(3)4;/h1-20H,21H2;2*1H;1H/q+1;;;/p-1. The minimum atomic E-state index is -2.10. The number of alkyl halides is 6. The Hall–Kier alpha value is 0.179. The van der Waals surface area contributed by atoms with Gasteiger partial charge in [-0.1, -0.05) is 69.6 Å². The minimum Gasteiger partial charge on any atom is -1.00 e. The molecule has 0 saturated carbocycles. The number of hydrogen-bond donors (Lipinski definition) is 0. The van der Waals surface area contributed by atoms with Crippen molar-refractivity contribution in [3.8, 4) is 0 Å². The molecule has 1 aliphatic rings. The number of benzene rings is 4. The van der Waals surface area contributed by atoms with Crippen molar-refractivity contribution >= 4 is 128 Å². The second-order valence-corrected chi connectivity index (χ2v) is 22.9. The largest absolute Gasteiger partial charge is 1.00 e. The van der Waals surface area contributed by atoms with Crippen LogP contribution in [0.15, 0.2) is 129 Å². The van der Waals surface area contributed by atoms with Crippen LogP contribution in [0.25, 0.3) is 0 Å². The summed E-state index contributed by atoms with van der Waals surface area (Å²) in [5, 5.41) is 5.17. The van der Waals surface area contributed by atoms with E-state index in [4.69, 9.17) is 87.2 Å². The molecule has 0 radical (unpaired) electrons. The molecule has 0 unspecified atom stereocenters. The van der Waals surface area contributed by atoms with E-state index < -0.39 is 36.1 Å². The van der Waals surface area contributed by atoms with Gasteiger partial charge in [0.2, 0.25) is 0 Å². The fraction of sp³-hybridized carbons (Fsp3) is 0.111. The average molecular weight is 801 g/mol. The zero-order chi connectivity index (χ0) is 28.3. The molecule has 1 aliphatic heterocycles. The summed E-state index contributed by atoms with van der Waals surface area (Å²) in [5.41, 5.74) is 0. The number of nitrogens with zero attached hydrogens (tertiary/aromatic N) is 2. The first-order valence-electron chi connectivity index (χ1n) is 11.4. The van der Waals surface area contributed by atoms with Crippen LogP contribution >= 0.6 is 93.8 Å². The molecule has 0 bridgehead atoms. The molecule has 0 atom stereocenters. The van der Waals surface area contributed by atoms with Crippen LogP contribution < -0.4 is 33.6 Å². The Kier molecular flexibility index (Phi) is 16.5. The van der Waals surface area contributed by atoms with Gasteiger partial charge in [-0.3, -0.25) is 0 Å². The molecule has 0 aromatic heterocycles. The fourth-order valence-electron chi connectivity index (χ4n) is 4.11. The van der Waals surface area contributed by atoms with Crippen LogP contribution in [0.2, 0.25) is 0 Å². The molecule has 2 nitrogen and oxygen atoms in total.